The molecule has 34 nitrogen and oxygen atoms in total. The zero-order valence-corrected chi connectivity index (χ0v) is 92.1. The van der Waals surface area contributed by atoms with Gasteiger partial charge in [0.05, 0.1) is 84.5 Å². The molecule has 147 heavy (non-hydrogen) atoms. The summed E-state index contributed by atoms with van der Waals surface area (Å²) in [5.41, 5.74) is 13.2. The number of likely N-dealkylation sites (tertiary alicyclic amines) is 4. The highest BCUT2D eigenvalue weighted by Gasteiger charge is 2.50. The largest absolute Gasteiger partial charge is 0.445 e. The van der Waals surface area contributed by atoms with Gasteiger partial charge in [-0.1, -0.05) is 175 Å². The number of amides is 12. The van der Waals surface area contributed by atoms with Crippen molar-refractivity contribution in [2.75, 3.05) is 114 Å². The molecule has 5 heterocycles. The van der Waals surface area contributed by atoms with Crippen molar-refractivity contribution in [3.05, 3.63) is 114 Å². The Morgan fingerprint density at radius 2 is 1.00 bits per heavy atom. The summed E-state index contributed by atoms with van der Waals surface area (Å²) in [7, 11) is 13.8. The molecule has 0 bridgehead atoms. The molecule has 34 heteroatoms. The van der Waals surface area contributed by atoms with Crippen LogP contribution in [0.5, 0.6) is 0 Å². The van der Waals surface area contributed by atoms with Crippen molar-refractivity contribution < 1.29 is 95.6 Å². The first-order chi connectivity index (χ1) is 69.8. The maximum atomic E-state index is 14.6. The SMILES string of the molecule is CC[C@H](C)[C@@H]([C@@H](CC(=O)N1CCC[C@H]1[C@H](OC)[C@@H](C)C(=O)C[C@H](CNC(=O)OCc1ccc(NC(=O)[C@H](CCCNC(N)=O)CC(=O)[C@@H](NC(=O)CCCCCN2C(=O)C=CC2=O)C(C)C)cc1)Cc1ccccc1)OC)N(C)C(=O)[C@@H](CC(=O)[C@]1(C)CCCN1C)C(C)C.CC[C@H](C)[C@@H]([C@@H](CC(=O)N1CCC[C@H]1[C@H](OC)[C@@H](C)C(=O)N[C@H](CN)Cc1ccccc1)OC)N(C)C(=O)[C@@H](CC(=O)[C@]1(C)CCCN1C)C(C)C. The van der Waals surface area contributed by atoms with Crippen LogP contribution in [0.15, 0.2) is 97.1 Å². The Kier molecular flexibility index (Phi) is 51.0. The first kappa shape index (κ1) is 124. The first-order valence-corrected chi connectivity index (χ1v) is 53.8. The lowest BCUT2D eigenvalue weighted by molar-refractivity contribution is -0.149. The quantitative estimate of drug-likeness (QED) is 0.0204. The number of unbranched alkanes of at least 4 members (excludes halogenated alkanes) is 2. The molecule has 3 aromatic rings. The van der Waals surface area contributed by atoms with E-state index in [9.17, 15) is 71.9 Å². The summed E-state index contributed by atoms with van der Waals surface area (Å²) in [6.45, 7) is 30.9. The number of hydrogen-bond acceptors (Lipinski definition) is 23. The van der Waals surface area contributed by atoms with Crippen molar-refractivity contribution in [3.63, 3.8) is 0 Å². The second-order valence-electron chi connectivity index (χ2n) is 43.3. The van der Waals surface area contributed by atoms with Crippen molar-refractivity contribution in [2.24, 2.45) is 76.6 Å². The number of carbonyl (C=O) groups is 15. The Labute approximate surface area is 874 Å². The molecule has 3 aromatic carbocycles. The summed E-state index contributed by atoms with van der Waals surface area (Å²) in [6, 6.07) is 22.9. The number of hydrogen-bond donors (Lipinski definition) is 7. The second-order valence-corrected chi connectivity index (χ2v) is 43.3. The van der Waals surface area contributed by atoms with Crippen LogP contribution < -0.4 is 38.1 Å². The van der Waals surface area contributed by atoms with Crippen molar-refractivity contribution in [1.82, 2.24) is 55.6 Å². The summed E-state index contributed by atoms with van der Waals surface area (Å²) in [6.07, 6.45) is 10.8. The Morgan fingerprint density at radius 3 is 1.44 bits per heavy atom. The average Bonchev–Trinajstić information content (AvgIpc) is 1.77. The van der Waals surface area contributed by atoms with Gasteiger partial charge in [0, 0.05) is 161 Å². The molecular formula is C113H178N14O20. The lowest BCUT2D eigenvalue weighted by Crippen LogP contribution is -2.55. The van der Waals surface area contributed by atoms with Gasteiger partial charge in [0.2, 0.25) is 41.4 Å². The first-order valence-electron chi connectivity index (χ1n) is 53.8. The number of anilines is 1. The summed E-state index contributed by atoms with van der Waals surface area (Å²) >= 11 is 0. The molecule has 820 valence electrons. The highest BCUT2D eigenvalue weighted by atomic mass is 16.5. The number of nitrogens with one attached hydrogen (secondary N) is 5. The third-order valence-electron chi connectivity index (χ3n) is 32.2. The van der Waals surface area contributed by atoms with Crippen LogP contribution in [-0.4, -0.2) is 303 Å². The third kappa shape index (κ3) is 35.5. The predicted octanol–water partition coefficient (Wildman–Crippen LogP) is 12.3. The van der Waals surface area contributed by atoms with Crippen molar-refractivity contribution in [2.45, 2.75) is 329 Å². The number of urea groups is 1. The molecule has 0 saturated carbocycles. The van der Waals surface area contributed by atoms with Crippen LogP contribution in [-0.2, 0) is 105 Å². The van der Waals surface area contributed by atoms with Gasteiger partial charge in [0.15, 0.2) is 17.3 Å². The molecule has 0 aliphatic carbocycles. The lowest BCUT2D eigenvalue weighted by atomic mass is 9.81. The van der Waals surface area contributed by atoms with Crippen LogP contribution in [0.1, 0.15) is 255 Å². The minimum absolute atomic E-state index is 0.00513. The minimum atomic E-state index is -0.874. The van der Waals surface area contributed by atoms with E-state index in [1.807, 2.05) is 147 Å². The van der Waals surface area contributed by atoms with Crippen molar-refractivity contribution >= 4 is 94.1 Å². The summed E-state index contributed by atoms with van der Waals surface area (Å²) in [5, 5.41) is 14.2. The monoisotopic (exact) mass is 2050 g/mol. The Hall–Kier alpha value is -10.2. The molecule has 4 saturated heterocycles. The van der Waals surface area contributed by atoms with Crippen molar-refractivity contribution in [1.29, 1.82) is 0 Å². The van der Waals surface area contributed by atoms with Crippen LogP contribution in [0.3, 0.4) is 0 Å². The fraction of sp³-hybridized carbons (Fsp3) is 0.690. The number of ether oxygens (including phenoxy) is 5. The van der Waals surface area contributed by atoms with Gasteiger partial charge in [-0.3, -0.25) is 77.0 Å². The molecule has 5 aliphatic rings. The number of likely N-dealkylation sites (N-methyl/N-ethyl adjacent to an activating group) is 4. The van der Waals surface area contributed by atoms with E-state index in [4.69, 9.17) is 35.2 Å². The molecule has 5 aliphatic heterocycles. The second kappa shape index (κ2) is 60.6. The van der Waals surface area contributed by atoms with E-state index in [0.29, 0.717) is 82.3 Å². The number of primary amides is 1. The summed E-state index contributed by atoms with van der Waals surface area (Å²) in [5.74, 6) is -6.21. The molecule has 12 amide bonds. The fourth-order valence-corrected chi connectivity index (χ4v) is 22.0. The van der Waals surface area contributed by atoms with Crippen LogP contribution >= 0.6 is 0 Å². The zero-order valence-electron chi connectivity index (χ0n) is 92.1. The number of carbonyl (C=O) groups excluding carboxylic acids is 15. The van der Waals surface area contributed by atoms with Crippen molar-refractivity contribution in [3.8, 4) is 0 Å². The number of alkyl carbamates (subject to hydrolysis) is 1. The number of ketones is 4. The standard InChI is InChI=1S/C72H109N9O14.C41H69N5O6/c1-13-48(6)66(79(10)69(90)55(46(2)3)42-60(84)72(8)34-22-36-78(72)9)59(93-11)43-64(88)80-38-21-26-56(80)67(94-12)49(7)57(82)40-52(39-50-23-16-14-17-24-50)44-75-71(92)95-45-51-28-30-54(31-29-51)76-68(89)53(25-20-35-74-70(73)91)41-58(83)65(47(4)5)77-61(85)27-18-15-19-37-81-62(86)32-33-63(81)87;1-11-28(4)37(45(8)40(50)32(27(2)3)24-35(47)41(6)20-16-21-44(41)7)34(51-9)25-36(48)46-22-15-19-33(46)38(52-10)29(5)39(49)43-31(26-42)23-30-17-13-12-14-18-30/h14,16-17,23-24,28-33,46-49,52-53,55-56,59,65-67H,13,15,18-22,25-27,34-45H2,1-12H3,(H,75,92)(H,76,89)(H,77,85)(H3,73,74,91);12-14,17-18,27-29,31-34,37-38H,11,15-16,19-26,42H2,1-10H3,(H,43,49)/t48-,49-,52+,53+,55-,56-,59+,65-,66-,67+,72-;28-,29+,31-,32-,33-,34+,37-,38+,41-/m00/s1. The minimum Gasteiger partial charge on any atom is -0.445 e. The van der Waals surface area contributed by atoms with E-state index >= 15 is 0 Å². The number of nitrogens with zero attached hydrogens (tertiary/aromatic N) is 7. The smallest absolute Gasteiger partial charge is 0.407 e. The van der Waals surface area contributed by atoms with Gasteiger partial charge < -0.3 is 81.3 Å². The maximum Gasteiger partial charge on any atom is 0.407 e. The number of imide groups is 1. The summed E-state index contributed by atoms with van der Waals surface area (Å²) in [4.78, 5) is 215. The molecule has 0 spiro atoms. The van der Waals surface area contributed by atoms with E-state index < -0.39 is 101 Å². The number of Topliss-reactive ketones (excluding diaryl/α,β-unsaturated/α-hetero) is 4. The van der Waals surface area contributed by atoms with Gasteiger partial charge in [0.25, 0.3) is 11.8 Å². The topological polar surface area (TPSA) is 437 Å². The molecular weight excluding hydrogens is 1870 g/mol. The zero-order chi connectivity index (χ0) is 109. The van der Waals surface area contributed by atoms with Gasteiger partial charge in [-0.25, -0.2) is 9.59 Å². The van der Waals surface area contributed by atoms with E-state index in [1.54, 1.807) is 90.4 Å². The van der Waals surface area contributed by atoms with E-state index in [-0.39, 0.29) is 202 Å². The number of rotatable bonds is 61. The van der Waals surface area contributed by atoms with E-state index in [2.05, 4.69) is 57.2 Å². The molecule has 20 atom stereocenters. The normalized spacial score (nSPS) is 20.8. The van der Waals surface area contributed by atoms with Gasteiger partial charge in [-0.2, -0.15) is 0 Å². The van der Waals surface area contributed by atoms with Crippen LogP contribution in [0.25, 0.3) is 0 Å². The average molecular weight is 2050 g/mol. The number of methoxy groups -OCH3 is 4. The van der Waals surface area contributed by atoms with Crippen LogP contribution in [0.2, 0.25) is 0 Å². The van der Waals surface area contributed by atoms with Crippen LogP contribution in [0.4, 0.5) is 15.3 Å². The number of nitrogens with two attached hydrogens (primary N) is 2. The molecule has 9 N–H and O–H groups in total. The van der Waals surface area contributed by atoms with E-state index in [0.717, 1.165) is 80.5 Å². The van der Waals surface area contributed by atoms with E-state index in [1.165, 1.54) is 12.2 Å². The molecule has 8 rings (SSSR count). The molecule has 4 fully saturated rings. The third-order valence-corrected chi connectivity index (χ3v) is 32.2. The molecule has 0 unspecified atom stereocenters. The molecule has 0 radical (unpaired) electrons. The highest BCUT2D eigenvalue weighted by molar-refractivity contribution is 6.13. The number of benzene rings is 3. The summed E-state index contributed by atoms with van der Waals surface area (Å²) < 4.78 is 29.9. The highest BCUT2D eigenvalue weighted by Crippen LogP contribution is 2.39. The lowest BCUT2D eigenvalue weighted by Gasteiger charge is -2.41. The predicted molar refractivity (Wildman–Crippen MR) is 567 cm³/mol. The van der Waals surface area contributed by atoms with Gasteiger partial charge in [0.1, 0.15) is 12.4 Å². The Morgan fingerprint density at radius 1 is 0.517 bits per heavy atom. The Bertz CT molecular complexity index is 4780. The fourth-order valence-electron chi connectivity index (χ4n) is 22.0. The van der Waals surface area contributed by atoms with Gasteiger partial charge >= 0.3 is 12.1 Å². The Balaban J connectivity index is 0.000000473. The maximum absolute atomic E-state index is 14.6. The van der Waals surface area contributed by atoms with Crippen LogP contribution in [0, 0.1) is 65.1 Å². The molecule has 0 aromatic heterocycles. The van der Waals surface area contributed by atoms with Gasteiger partial charge in [-0.15, -0.1) is 0 Å². The van der Waals surface area contributed by atoms with Gasteiger partial charge in [-0.05, 0) is 195 Å².